The van der Waals surface area contributed by atoms with Crippen molar-refractivity contribution in [1.82, 2.24) is 9.44 Å². The Morgan fingerprint density at radius 3 is 2.50 bits per heavy atom. The summed E-state index contributed by atoms with van der Waals surface area (Å²) in [6, 6.07) is 0. The molecule has 1 aliphatic carbocycles. The first kappa shape index (κ1) is 15.2. The van der Waals surface area contributed by atoms with Gasteiger partial charge in [0, 0.05) is 6.54 Å². The van der Waals surface area contributed by atoms with Crippen LogP contribution in [-0.2, 0) is 14.9 Å². The molecule has 0 aromatic heterocycles. The molecular weight excluding hydrogens is 258 g/mol. The van der Waals surface area contributed by atoms with Crippen molar-refractivity contribution in [3.05, 3.63) is 0 Å². The van der Waals surface area contributed by atoms with Gasteiger partial charge in [0.1, 0.15) is 0 Å². The highest BCUT2D eigenvalue weighted by Gasteiger charge is 2.33. The van der Waals surface area contributed by atoms with E-state index in [0.717, 1.165) is 25.7 Å². The quantitative estimate of drug-likeness (QED) is 0.638. The number of ether oxygens (including phenoxy) is 1. The van der Waals surface area contributed by atoms with Crippen molar-refractivity contribution in [2.24, 2.45) is 11.1 Å². The van der Waals surface area contributed by atoms with Crippen molar-refractivity contribution >= 4 is 16.3 Å². The standard InChI is InChI=1S/C10H21N3O4S/c1-2-17-9(14)13-18(15,16)12-8-10(7-11)5-3-4-6-10/h12H,2-8,11H2,1H3,(H,13,14). The summed E-state index contributed by atoms with van der Waals surface area (Å²) >= 11 is 0. The van der Waals surface area contributed by atoms with Crippen LogP contribution < -0.4 is 15.2 Å². The minimum absolute atomic E-state index is 0.119. The zero-order valence-corrected chi connectivity index (χ0v) is 11.4. The molecule has 0 aromatic rings. The molecule has 106 valence electrons. The Kier molecular flexibility index (Phi) is 5.36. The van der Waals surface area contributed by atoms with Crippen LogP contribution in [-0.4, -0.2) is 34.2 Å². The average molecular weight is 279 g/mol. The molecule has 0 unspecified atom stereocenters. The van der Waals surface area contributed by atoms with E-state index in [9.17, 15) is 13.2 Å². The first-order chi connectivity index (χ1) is 8.43. The molecule has 1 saturated carbocycles. The summed E-state index contributed by atoms with van der Waals surface area (Å²) in [5, 5.41) is 0. The molecule has 8 heteroatoms. The molecule has 0 radical (unpaired) electrons. The maximum atomic E-state index is 11.6. The predicted molar refractivity (Wildman–Crippen MR) is 67.0 cm³/mol. The average Bonchev–Trinajstić information content (AvgIpc) is 2.75. The van der Waals surface area contributed by atoms with Crippen LogP contribution in [0.3, 0.4) is 0 Å². The Bertz CT molecular complexity index is 377. The number of nitrogens with one attached hydrogen (secondary N) is 2. The lowest BCUT2D eigenvalue weighted by atomic mass is 9.87. The fraction of sp³-hybridized carbons (Fsp3) is 0.900. The second kappa shape index (κ2) is 6.35. The maximum Gasteiger partial charge on any atom is 0.421 e. The first-order valence-electron chi connectivity index (χ1n) is 6.07. The molecule has 0 bridgehead atoms. The van der Waals surface area contributed by atoms with Crippen LogP contribution in [0.2, 0.25) is 0 Å². The predicted octanol–water partition coefficient (Wildman–Crippen LogP) is 0.0860. The van der Waals surface area contributed by atoms with Gasteiger partial charge in [-0.15, -0.1) is 0 Å². The van der Waals surface area contributed by atoms with E-state index in [-0.39, 0.29) is 18.6 Å². The monoisotopic (exact) mass is 279 g/mol. The molecule has 7 nitrogen and oxygen atoms in total. The van der Waals surface area contributed by atoms with E-state index in [2.05, 4.69) is 9.46 Å². The number of hydrogen-bond acceptors (Lipinski definition) is 5. The Hall–Kier alpha value is -0.860. The number of carbonyl (C=O) groups is 1. The fourth-order valence-electron chi connectivity index (χ4n) is 2.13. The molecule has 1 amide bonds. The molecule has 0 saturated heterocycles. The van der Waals surface area contributed by atoms with Gasteiger partial charge in [0.05, 0.1) is 6.61 Å². The summed E-state index contributed by atoms with van der Waals surface area (Å²) in [6.45, 7) is 2.41. The van der Waals surface area contributed by atoms with E-state index in [4.69, 9.17) is 5.73 Å². The van der Waals surface area contributed by atoms with Gasteiger partial charge in [-0.3, -0.25) is 0 Å². The minimum atomic E-state index is -3.87. The van der Waals surface area contributed by atoms with Gasteiger partial charge in [-0.05, 0) is 31.7 Å². The number of hydrogen-bond donors (Lipinski definition) is 3. The highest BCUT2D eigenvalue weighted by Crippen LogP contribution is 2.36. The van der Waals surface area contributed by atoms with Gasteiger partial charge in [-0.2, -0.15) is 13.1 Å². The van der Waals surface area contributed by atoms with E-state index < -0.39 is 16.3 Å². The lowest BCUT2D eigenvalue weighted by Gasteiger charge is -2.27. The number of rotatable bonds is 6. The second-order valence-corrected chi connectivity index (χ2v) is 6.06. The lowest BCUT2D eigenvalue weighted by Crippen LogP contribution is -2.46. The smallest absolute Gasteiger partial charge is 0.421 e. The van der Waals surface area contributed by atoms with Crippen LogP contribution in [0, 0.1) is 5.41 Å². The normalized spacial score (nSPS) is 18.6. The minimum Gasteiger partial charge on any atom is -0.449 e. The summed E-state index contributed by atoms with van der Waals surface area (Å²) in [5.41, 5.74) is 5.52. The van der Waals surface area contributed by atoms with Gasteiger partial charge in [0.25, 0.3) is 0 Å². The van der Waals surface area contributed by atoms with Gasteiger partial charge in [0.15, 0.2) is 0 Å². The molecule has 1 fully saturated rings. The highest BCUT2D eigenvalue weighted by molar-refractivity contribution is 7.88. The fourth-order valence-corrected chi connectivity index (χ4v) is 2.98. The summed E-state index contributed by atoms with van der Waals surface area (Å²) in [4.78, 5) is 11.0. The van der Waals surface area contributed by atoms with Crippen LogP contribution in [0.25, 0.3) is 0 Å². The molecule has 0 atom stereocenters. The van der Waals surface area contributed by atoms with Crippen LogP contribution in [0.5, 0.6) is 0 Å². The van der Waals surface area contributed by atoms with E-state index in [1.165, 1.54) is 0 Å². The van der Waals surface area contributed by atoms with Gasteiger partial charge >= 0.3 is 16.3 Å². The van der Waals surface area contributed by atoms with Crippen molar-refractivity contribution in [3.8, 4) is 0 Å². The summed E-state index contributed by atoms with van der Waals surface area (Å²) < 4.78 is 31.8. The lowest BCUT2D eigenvalue weighted by molar-refractivity contribution is 0.158. The van der Waals surface area contributed by atoms with E-state index in [0.29, 0.717) is 6.54 Å². The van der Waals surface area contributed by atoms with Gasteiger partial charge < -0.3 is 10.5 Å². The molecule has 4 N–H and O–H groups in total. The molecule has 0 aliphatic heterocycles. The van der Waals surface area contributed by atoms with E-state index >= 15 is 0 Å². The highest BCUT2D eigenvalue weighted by atomic mass is 32.2. The van der Waals surface area contributed by atoms with Gasteiger partial charge in [-0.25, -0.2) is 9.52 Å². The summed E-state index contributed by atoms with van der Waals surface area (Å²) in [7, 11) is -3.87. The van der Waals surface area contributed by atoms with Gasteiger partial charge in [-0.1, -0.05) is 12.8 Å². The van der Waals surface area contributed by atoms with E-state index in [1.807, 2.05) is 0 Å². The zero-order valence-electron chi connectivity index (χ0n) is 10.6. The van der Waals surface area contributed by atoms with Crippen LogP contribution in [0.4, 0.5) is 4.79 Å². The number of nitrogens with two attached hydrogens (primary N) is 1. The molecule has 18 heavy (non-hydrogen) atoms. The van der Waals surface area contributed by atoms with Crippen molar-refractivity contribution in [3.63, 3.8) is 0 Å². The SMILES string of the molecule is CCOC(=O)NS(=O)(=O)NCC1(CN)CCCC1. The molecule has 0 spiro atoms. The third kappa shape index (κ3) is 4.43. The van der Waals surface area contributed by atoms with Crippen LogP contribution in [0.1, 0.15) is 32.6 Å². The largest absolute Gasteiger partial charge is 0.449 e. The number of carbonyl (C=O) groups excluding carboxylic acids is 1. The Morgan fingerprint density at radius 2 is 2.00 bits per heavy atom. The Morgan fingerprint density at radius 1 is 1.39 bits per heavy atom. The molecule has 0 heterocycles. The Balaban J connectivity index is 2.48. The van der Waals surface area contributed by atoms with Gasteiger partial charge in [0.2, 0.25) is 0 Å². The Labute approximate surface area is 108 Å². The van der Waals surface area contributed by atoms with Crippen molar-refractivity contribution in [1.29, 1.82) is 0 Å². The van der Waals surface area contributed by atoms with E-state index in [1.54, 1.807) is 11.6 Å². The summed E-state index contributed by atoms with van der Waals surface area (Å²) in [5.74, 6) is 0. The van der Waals surface area contributed by atoms with Crippen molar-refractivity contribution < 1.29 is 17.9 Å². The van der Waals surface area contributed by atoms with Crippen molar-refractivity contribution in [2.75, 3.05) is 19.7 Å². The first-order valence-corrected chi connectivity index (χ1v) is 7.55. The third-order valence-electron chi connectivity index (χ3n) is 3.23. The zero-order chi connectivity index (χ0) is 13.6. The summed E-state index contributed by atoms with van der Waals surface area (Å²) in [6.07, 6.45) is 2.96. The van der Waals surface area contributed by atoms with Crippen LogP contribution in [0.15, 0.2) is 0 Å². The topological polar surface area (TPSA) is 111 Å². The molecular formula is C10H21N3O4S. The second-order valence-electron chi connectivity index (χ2n) is 4.56. The van der Waals surface area contributed by atoms with Crippen molar-refractivity contribution in [2.45, 2.75) is 32.6 Å². The maximum absolute atomic E-state index is 11.6. The third-order valence-corrected chi connectivity index (χ3v) is 4.19. The molecule has 1 aliphatic rings. The van der Waals surface area contributed by atoms with Crippen LogP contribution >= 0.6 is 0 Å². The number of amides is 1. The molecule has 1 rings (SSSR count). The molecule has 0 aromatic carbocycles.